The summed E-state index contributed by atoms with van der Waals surface area (Å²) in [5.74, 6) is 2.39. The van der Waals surface area contributed by atoms with E-state index in [1.807, 2.05) is 18.2 Å². The Morgan fingerprint density at radius 3 is 2.34 bits per heavy atom. The zero-order valence-corrected chi connectivity index (χ0v) is 19.1. The van der Waals surface area contributed by atoms with Gasteiger partial charge in [-0.05, 0) is 43.3 Å². The molecule has 1 fully saturated rings. The Kier molecular flexibility index (Phi) is 8.60. The molecule has 0 saturated carbocycles. The number of guanidine groups is 1. The van der Waals surface area contributed by atoms with Crippen LogP contribution in [0, 0.1) is 0 Å². The van der Waals surface area contributed by atoms with Crippen molar-refractivity contribution in [3.63, 3.8) is 0 Å². The lowest BCUT2D eigenvalue weighted by atomic mass is 10.2. The Bertz CT molecular complexity index is 893. The molecule has 0 bridgehead atoms. The van der Waals surface area contributed by atoms with Gasteiger partial charge in [-0.2, -0.15) is 0 Å². The fourth-order valence-electron chi connectivity index (χ4n) is 3.65. The van der Waals surface area contributed by atoms with Gasteiger partial charge in [-0.25, -0.2) is 0 Å². The maximum Gasteiger partial charge on any atom is 0.251 e. The van der Waals surface area contributed by atoms with Crippen LogP contribution in [-0.2, 0) is 0 Å². The number of piperazine rings is 1. The first-order valence-electron chi connectivity index (χ1n) is 11.0. The zero-order valence-electron chi connectivity index (χ0n) is 19.1. The zero-order chi connectivity index (χ0) is 22.8. The molecule has 0 radical (unpaired) electrons. The number of anilines is 1. The number of carbonyl (C=O) groups is 1. The molecule has 8 heteroatoms. The summed E-state index contributed by atoms with van der Waals surface area (Å²) in [4.78, 5) is 21.6. The van der Waals surface area contributed by atoms with E-state index in [4.69, 9.17) is 14.5 Å². The van der Waals surface area contributed by atoms with E-state index >= 15 is 0 Å². The van der Waals surface area contributed by atoms with Gasteiger partial charge in [0.25, 0.3) is 5.91 Å². The summed E-state index contributed by atoms with van der Waals surface area (Å²) in [5, 5.41) is 6.29. The fraction of sp³-hybridized carbons (Fsp3) is 0.417. The van der Waals surface area contributed by atoms with Crippen molar-refractivity contribution >= 4 is 17.6 Å². The van der Waals surface area contributed by atoms with Gasteiger partial charge in [0.2, 0.25) is 0 Å². The highest BCUT2D eigenvalue weighted by Gasteiger charge is 2.21. The van der Waals surface area contributed by atoms with Crippen LogP contribution in [0.1, 0.15) is 17.3 Å². The van der Waals surface area contributed by atoms with E-state index in [9.17, 15) is 4.79 Å². The van der Waals surface area contributed by atoms with Crippen LogP contribution in [0.4, 0.5) is 5.69 Å². The quantitative estimate of drug-likeness (QED) is 0.373. The van der Waals surface area contributed by atoms with Crippen molar-refractivity contribution < 1.29 is 14.3 Å². The molecular formula is C24H33N5O3. The number of benzene rings is 2. The summed E-state index contributed by atoms with van der Waals surface area (Å²) >= 11 is 0. The average Bonchev–Trinajstić information content (AvgIpc) is 2.86. The van der Waals surface area contributed by atoms with Gasteiger partial charge in [-0.3, -0.25) is 9.79 Å². The van der Waals surface area contributed by atoms with Crippen molar-refractivity contribution in [2.24, 2.45) is 4.99 Å². The van der Waals surface area contributed by atoms with E-state index in [1.165, 1.54) is 0 Å². The predicted octanol–water partition coefficient (Wildman–Crippen LogP) is 2.22. The Balaban J connectivity index is 1.51. The third-order valence-corrected chi connectivity index (χ3v) is 5.35. The molecule has 2 aromatic carbocycles. The molecule has 1 amide bonds. The first kappa shape index (κ1) is 23.2. The van der Waals surface area contributed by atoms with E-state index < -0.39 is 0 Å². The third-order valence-electron chi connectivity index (χ3n) is 5.35. The van der Waals surface area contributed by atoms with Crippen molar-refractivity contribution in [1.29, 1.82) is 0 Å². The van der Waals surface area contributed by atoms with Gasteiger partial charge in [0.15, 0.2) is 5.96 Å². The van der Waals surface area contributed by atoms with Gasteiger partial charge in [0.1, 0.15) is 11.5 Å². The van der Waals surface area contributed by atoms with Gasteiger partial charge < -0.3 is 29.9 Å². The fourth-order valence-corrected chi connectivity index (χ4v) is 3.65. The summed E-state index contributed by atoms with van der Waals surface area (Å²) in [5.41, 5.74) is 1.73. The molecule has 3 rings (SSSR count). The smallest absolute Gasteiger partial charge is 0.251 e. The van der Waals surface area contributed by atoms with Crippen LogP contribution in [-0.4, -0.2) is 76.8 Å². The number of amides is 1. The Morgan fingerprint density at radius 2 is 1.69 bits per heavy atom. The molecule has 2 N–H and O–H groups in total. The van der Waals surface area contributed by atoms with Crippen molar-refractivity contribution in [2.45, 2.75) is 6.92 Å². The molecule has 2 aromatic rings. The van der Waals surface area contributed by atoms with Gasteiger partial charge in [-0.1, -0.05) is 12.1 Å². The molecule has 0 atom stereocenters. The number of para-hydroxylation sites is 2. The van der Waals surface area contributed by atoms with Crippen LogP contribution in [0.5, 0.6) is 11.5 Å². The molecule has 0 aliphatic carbocycles. The third kappa shape index (κ3) is 6.06. The Hall–Kier alpha value is -3.42. The van der Waals surface area contributed by atoms with Crippen LogP contribution >= 0.6 is 0 Å². The number of nitrogens with one attached hydrogen (secondary N) is 2. The Labute approximate surface area is 190 Å². The molecule has 1 aliphatic heterocycles. The second-order valence-electron chi connectivity index (χ2n) is 7.37. The molecular weight excluding hydrogens is 406 g/mol. The summed E-state index contributed by atoms with van der Waals surface area (Å²) in [6.45, 7) is 7.34. The number of hydrogen-bond acceptors (Lipinski definition) is 5. The summed E-state index contributed by atoms with van der Waals surface area (Å²) in [6, 6.07) is 15.2. The lowest BCUT2D eigenvalue weighted by Gasteiger charge is -2.38. The van der Waals surface area contributed by atoms with Crippen molar-refractivity contribution in [2.75, 3.05) is 64.9 Å². The number of nitrogens with zero attached hydrogens (tertiary/aromatic N) is 3. The van der Waals surface area contributed by atoms with Crippen LogP contribution in [0.3, 0.4) is 0 Å². The lowest BCUT2D eigenvalue weighted by molar-refractivity contribution is 0.0954. The highest BCUT2D eigenvalue weighted by molar-refractivity contribution is 5.94. The highest BCUT2D eigenvalue weighted by atomic mass is 16.5. The topological polar surface area (TPSA) is 78.4 Å². The van der Waals surface area contributed by atoms with Gasteiger partial charge >= 0.3 is 0 Å². The average molecular weight is 440 g/mol. The maximum absolute atomic E-state index is 12.3. The largest absolute Gasteiger partial charge is 0.497 e. The van der Waals surface area contributed by atoms with Gasteiger partial charge in [-0.15, -0.1) is 0 Å². The van der Waals surface area contributed by atoms with Crippen molar-refractivity contribution in [3.05, 3.63) is 54.1 Å². The maximum atomic E-state index is 12.3. The predicted molar refractivity (Wildman–Crippen MR) is 128 cm³/mol. The van der Waals surface area contributed by atoms with Crippen LogP contribution in [0.2, 0.25) is 0 Å². The normalized spacial score (nSPS) is 14.2. The molecule has 0 aromatic heterocycles. The van der Waals surface area contributed by atoms with E-state index in [1.54, 1.807) is 38.5 Å². The first-order valence-corrected chi connectivity index (χ1v) is 11.0. The highest BCUT2D eigenvalue weighted by Crippen LogP contribution is 2.28. The van der Waals surface area contributed by atoms with Crippen LogP contribution in [0.15, 0.2) is 53.5 Å². The summed E-state index contributed by atoms with van der Waals surface area (Å²) in [6.07, 6.45) is 0. The van der Waals surface area contributed by atoms with E-state index in [-0.39, 0.29) is 5.91 Å². The molecule has 0 spiro atoms. The number of carbonyl (C=O) groups excluding carboxylic acids is 1. The minimum atomic E-state index is -0.113. The van der Waals surface area contributed by atoms with Gasteiger partial charge in [0.05, 0.1) is 26.5 Å². The molecule has 32 heavy (non-hydrogen) atoms. The second-order valence-corrected chi connectivity index (χ2v) is 7.37. The van der Waals surface area contributed by atoms with Crippen molar-refractivity contribution in [3.8, 4) is 11.5 Å². The number of rotatable bonds is 8. The minimum absolute atomic E-state index is 0.113. The second kappa shape index (κ2) is 11.8. The van der Waals surface area contributed by atoms with Gasteiger partial charge in [0, 0.05) is 44.8 Å². The minimum Gasteiger partial charge on any atom is -0.497 e. The number of ether oxygens (including phenoxy) is 2. The number of aliphatic imine (C=N–C) groups is 1. The Morgan fingerprint density at radius 1 is 0.969 bits per heavy atom. The standard InChI is InChI=1S/C24H33N5O3/c1-4-25-24(27-14-13-26-23(30)19-9-11-20(31-2)12-10-19)29-17-15-28(16-18-29)21-7-5-6-8-22(21)32-3/h5-12H,4,13-18H2,1-3H3,(H,25,27)(H,26,30). The number of methoxy groups -OCH3 is 2. The molecule has 172 valence electrons. The van der Waals surface area contributed by atoms with E-state index in [2.05, 4.69) is 33.4 Å². The SMILES string of the molecule is CCNC(=NCCNC(=O)c1ccc(OC)cc1)N1CCN(c2ccccc2OC)CC1. The molecule has 0 unspecified atom stereocenters. The summed E-state index contributed by atoms with van der Waals surface area (Å²) in [7, 11) is 3.31. The lowest BCUT2D eigenvalue weighted by Crippen LogP contribution is -2.52. The molecule has 1 aliphatic rings. The first-order chi connectivity index (χ1) is 15.7. The summed E-state index contributed by atoms with van der Waals surface area (Å²) < 4.78 is 10.6. The number of hydrogen-bond donors (Lipinski definition) is 2. The monoisotopic (exact) mass is 439 g/mol. The van der Waals surface area contributed by atoms with Crippen LogP contribution < -0.4 is 25.0 Å². The van der Waals surface area contributed by atoms with Crippen LogP contribution in [0.25, 0.3) is 0 Å². The van der Waals surface area contributed by atoms with E-state index in [0.717, 1.165) is 55.9 Å². The molecule has 1 saturated heterocycles. The molecule has 8 nitrogen and oxygen atoms in total. The van der Waals surface area contributed by atoms with Crippen molar-refractivity contribution in [1.82, 2.24) is 15.5 Å². The molecule has 1 heterocycles. The van der Waals surface area contributed by atoms with E-state index in [0.29, 0.717) is 18.7 Å².